The number of nitrogens with zero attached hydrogens (tertiary/aromatic N) is 3. The second kappa shape index (κ2) is 10.5. The van der Waals surface area contributed by atoms with Crippen LogP contribution < -0.4 is 10.1 Å². The van der Waals surface area contributed by atoms with Gasteiger partial charge in [-0.1, -0.05) is 41.9 Å². The summed E-state index contributed by atoms with van der Waals surface area (Å²) in [7, 11) is 0. The second-order valence-electron chi connectivity index (χ2n) is 6.98. The molecule has 2 aromatic carbocycles. The van der Waals surface area contributed by atoms with Crippen molar-refractivity contribution in [2.24, 2.45) is 0 Å². The molecule has 3 rings (SSSR count). The van der Waals surface area contributed by atoms with Crippen molar-refractivity contribution in [2.45, 2.75) is 26.9 Å². The molecule has 158 valence electrons. The molecule has 0 aliphatic heterocycles. The number of aromatic nitrogens is 2. The van der Waals surface area contributed by atoms with E-state index in [2.05, 4.69) is 10.4 Å². The molecule has 0 bridgehead atoms. The van der Waals surface area contributed by atoms with Crippen LogP contribution in [0, 0.1) is 25.2 Å². The van der Waals surface area contributed by atoms with Gasteiger partial charge in [0.2, 0.25) is 5.91 Å². The zero-order valence-electron chi connectivity index (χ0n) is 17.4. The van der Waals surface area contributed by atoms with E-state index in [1.807, 2.05) is 61.0 Å². The molecule has 31 heavy (non-hydrogen) atoms. The molecule has 0 radical (unpaired) electrons. The molecule has 0 saturated heterocycles. The van der Waals surface area contributed by atoms with Crippen molar-refractivity contribution in [3.63, 3.8) is 0 Å². The Kier molecular flexibility index (Phi) is 7.47. The predicted molar refractivity (Wildman–Crippen MR) is 121 cm³/mol. The van der Waals surface area contributed by atoms with Gasteiger partial charge < -0.3 is 10.1 Å². The number of carbonyl (C=O) groups is 1. The summed E-state index contributed by atoms with van der Waals surface area (Å²) in [6, 6.07) is 16.9. The number of ether oxygens (including phenoxy) is 1. The van der Waals surface area contributed by atoms with Crippen LogP contribution >= 0.6 is 11.6 Å². The van der Waals surface area contributed by atoms with Crippen molar-refractivity contribution >= 4 is 23.6 Å². The van der Waals surface area contributed by atoms with Gasteiger partial charge in [-0.3, -0.25) is 9.48 Å². The summed E-state index contributed by atoms with van der Waals surface area (Å²) < 4.78 is 7.17. The maximum absolute atomic E-state index is 12.3. The zero-order chi connectivity index (χ0) is 22.2. The van der Waals surface area contributed by atoms with Crippen LogP contribution in [0.15, 0.2) is 54.6 Å². The highest BCUT2D eigenvalue weighted by Gasteiger charge is 2.11. The van der Waals surface area contributed by atoms with E-state index in [4.69, 9.17) is 21.6 Å². The first kappa shape index (κ1) is 22.1. The molecule has 7 heteroatoms. The number of carbonyl (C=O) groups excluding carboxylic acids is 1. The molecular formula is C24H23ClN4O2. The van der Waals surface area contributed by atoms with Crippen LogP contribution in [0.1, 0.15) is 28.1 Å². The molecule has 0 atom stereocenters. The predicted octanol–water partition coefficient (Wildman–Crippen LogP) is 4.43. The number of amides is 1. The van der Waals surface area contributed by atoms with E-state index in [1.54, 1.807) is 18.2 Å². The number of hydrogen-bond donors (Lipinski definition) is 1. The third-order valence-electron chi connectivity index (χ3n) is 4.79. The minimum atomic E-state index is -0.207. The molecule has 0 saturated carbocycles. The minimum Gasteiger partial charge on any atom is -0.479 e. The second-order valence-corrected chi connectivity index (χ2v) is 7.39. The minimum absolute atomic E-state index is 0.0125. The molecule has 1 aromatic heterocycles. The summed E-state index contributed by atoms with van der Waals surface area (Å²) in [6.07, 6.45) is 3.29. The fourth-order valence-corrected chi connectivity index (χ4v) is 3.36. The normalized spacial score (nSPS) is 10.8. The smallest absolute Gasteiger partial charge is 0.244 e. The highest BCUT2D eigenvalue weighted by molar-refractivity contribution is 6.31. The lowest BCUT2D eigenvalue weighted by Gasteiger charge is -2.07. The Morgan fingerprint density at radius 2 is 2.06 bits per heavy atom. The van der Waals surface area contributed by atoms with Crippen molar-refractivity contribution in [3.05, 3.63) is 87.7 Å². The molecule has 3 aromatic rings. The summed E-state index contributed by atoms with van der Waals surface area (Å²) in [5.41, 5.74) is 4.59. The van der Waals surface area contributed by atoms with E-state index in [9.17, 15) is 4.79 Å². The van der Waals surface area contributed by atoms with Gasteiger partial charge in [0.15, 0.2) is 6.61 Å². The molecule has 1 N–H and O–H groups in total. The van der Waals surface area contributed by atoms with E-state index >= 15 is 0 Å². The van der Waals surface area contributed by atoms with Gasteiger partial charge in [-0.2, -0.15) is 10.4 Å². The van der Waals surface area contributed by atoms with Crippen LogP contribution in [0.5, 0.6) is 5.75 Å². The van der Waals surface area contributed by atoms with Crippen molar-refractivity contribution in [3.8, 4) is 11.8 Å². The molecule has 1 amide bonds. The van der Waals surface area contributed by atoms with Crippen molar-refractivity contribution in [1.82, 2.24) is 15.1 Å². The Labute approximate surface area is 186 Å². The lowest BCUT2D eigenvalue weighted by atomic mass is 10.1. The maximum atomic E-state index is 12.3. The van der Waals surface area contributed by atoms with Gasteiger partial charge in [-0.25, -0.2) is 0 Å². The van der Waals surface area contributed by atoms with Gasteiger partial charge in [0.25, 0.3) is 0 Å². The molecule has 0 aliphatic rings. The molecule has 0 spiro atoms. The van der Waals surface area contributed by atoms with Gasteiger partial charge in [0, 0.05) is 28.9 Å². The van der Waals surface area contributed by atoms with Gasteiger partial charge in [-0.15, -0.1) is 0 Å². The van der Waals surface area contributed by atoms with E-state index in [-0.39, 0.29) is 12.5 Å². The third kappa shape index (κ3) is 5.97. The SMILES string of the molecule is Cc1nn(Cc2ccccc2Cl)c(C)c1C=CC(=O)NCc1cccc(OCC#N)c1. The number of hydrogen-bond acceptors (Lipinski definition) is 4. The molecule has 1 heterocycles. The van der Waals surface area contributed by atoms with Crippen molar-refractivity contribution < 1.29 is 9.53 Å². The maximum Gasteiger partial charge on any atom is 0.244 e. The molecular weight excluding hydrogens is 412 g/mol. The number of nitriles is 1. The Balaban J connectivity index is 1.63. The van der Waals surface area contributed by atoms with Crippen molar-refractivity contribution in [1.29, 1.82) is 5.26 Å². The number of halogens is 1. The summed E-state index contributed by atoms with van der Waals surface area (Å²) in [6.45, 7) is 4.80. The van der Waals surface area contributed by atoms with Crippen molar-refractivity contribution in [2.75, 3.05) is 6.61 Å². The van der Waals surface area contributed by atoms with Crippen LogP contribution in [0.4, 0.5) is 0 Å². The molecule has 0 unspecified atom stereocenters. The van der Waals surface area contributed by atoms with Crippen LogP contribution in [-0.2, 0) is 17.9 Å². The topological polar surface area (TPSA) is 79.9 Å². The fourth-order valence-electron chi connectivity index (χ4n) is 3.16. The summed E-state index contributed by atoms with van der Waals surface area (Å²) >= 11 is 6.27. The number of nitrogens with one attached hydrogen (secondary N) is 1. The van der Waals surface area contributed by atoms with E-state index in [0.29, 0.717) is 23.9 Å². The largest absolute Gasteiger partial charge is 0.479 e. The van der Waals surface area contributed by atoms with Crippen LogP contribution in [0.2, 0.25) is 5.02 Å². The zero-order valence-corrected chi connectivity index (χ0v) is 18.2. The number of benzene rings is 2. The Morgan fingerprint density at radius 1 is 1.26 bits per heavy atom. The van der Waals surface area contributed by atoms with E-state index in [1.165, 1.54) is 6.08 Å². The summed E-state index contributed by atoms with van der Waals surface area (Å²) in [4.78, 5) is 12.3. The summed E-state index contributed by atoms with van der Waals surface area (Å²) in [5, 5.41) is 16.7. The average molecular weight is 435 g/mol. The fraction of sp³-hybridized carbons (Fsp3) is 0.208. The molecule has 6 nitrogen and oxygen atoms in total. The lowest BCUT2D eigenvalue weighted by Crippen LogP contribution is -2.20. The third-order valence-corrected chi connectivity index (χ3v) is 5.15. The Bertz CT molecular complexity index is 1140. The van der Waals surface area contributed by atoms with E-state index in [0.717, 1.165) is 28.1 Å². The first-order chi connectivity index (χ1) is 15.0. The quantitative estimate of drug-likeness (QED) is 0.532. The van der Waals surface area contributed by atoms with Gasteiger partial charge in [-0.05, 0) is 49.2 Å². The van der Waals surface area contributed by atoms with Crippen LogP contribution in [0.25, 0.3) is 6.08 Å². The van der Waals surface area contributed by atoms with Crippen LogP contribution in [-0.4, -0.2) is 22.3 Å². The molecule has 0 aliphatic carbocycles. The standard InChI is InChI=1S/C24H23ClN4O2/c1-17-22(18(2)29(28-17)16-20-7-3-4-9-23(20)25)10-11-24(30)27-15-19-6-5-8-21(14-19)31-13-12-26/h3-11,14H,13,15-16H2,1-2H3,(H,27,30). The Hall–Kier alpha value is -3.56. The first-order valence-corrected chi connectivity index (χ1v) is 10.2. The molecule has 0 fully saturated rings. The van der Waals surface area contributed by atoms with Gasteiger partial charge >= 0.3 is 0 Å². The highest BCUT2D eigenvalue weighted by Crippen LogP contribution is 2.20. The lowest BCUT2D eigenvalue weighted by molar-refractivity contribution is -0.116. The van der Waals surface area contributed by atoms with Gasteiger partial charge in [0.1, 0.15) is 11.8 Å². The first-order valence-electron chi connectivity index (χ1n) is 9.80. The Morgan fingerprint density at radius 3 is 2.84 bits per heavy atom. The summed E-state index contributed by atoms with van der Waals surface area (Å²) in [5.74, 6) is 0.391. The van der Waals surface area contributed by atoms with Crippen LogP contribution in [0.3, 0.4) is 0 Å². The number of aryl methyl sites for hydroxylation is 1. The average Bonchev–Trinajstić information content (AvgIpc) is 3.03. The van der Waals surface area contributed by atoms with Gasteiger partial charge in [0.05, 0.1) is 12.2 Å². The monoisotopic (exact) mass is 434 g/mol. The number of rotatable bonds is 8. The highest BCUT2D eigenvalue weighted by atomic mass is 35.5. The van der Waals surface area contributed by atoms with E-state index < -0.39 is 0 Å².